The maximum atomic E-state index is 14.0. The first kappa shape index (κ1) is 81.6. The number of ether oxygens (including phenoxy) is 1. The summed E-state index contributed by atoms with van der Waals surface area (Å²) in [5.41, 5.74) is -0.555. The molecule has 3 N–H and O–H groups in total. The Hall–Kier alpha value is -13.4. The van der Waals surface area contributed by atoms with Gasteiger partial charge in [-0.2, -0.15) is 39.5 Å². The molecule has 6 amide bonds. The highest BCUT2D eigenvalue weighted by molar-refractivity contribution is 9.10. The van der Waals surface area contributed by atoms with Crippen LogP contribution in [0.2, 0.25) is 0 Å². The minimum absolute atomic E-state index is 0.0208. The molecule has 0 saturated heterocycles. The number of carbonyl (C=O) groups excluding carboxylic acids is 6. The van der Waals surface area contributed by atoms with Crippen LogP contribution in [0.3, 0.4) is 0 Å². The number of alkyl halides is 9. The molecule has 19 nitrogen and oxygen atoms in total. The molecule has 3 aliphatic heterocycles. The number of halogens is 11. The highest BCUT2D eigenvalue weighted by atomic mass is 79.9. The van der Waals surface area contributed by atoms with Gasteiger partial charge in [0.05, 0.1) is 67.5 Å². The standard InChI is InChI=1S/C29H22BrF3N4O2.C29H22F4N4O2.C29H23F3N4O3/c2*1-16-8-10-18(15-22(16)30)36-25(38)20-14-17(9-11-21(20)29(31,32)33)19-6-4-7-23-24(19)28(2,3)26(39)37(23)27-34-12-5-13-35-27;1-17-7-10-19(11-8-17)35-26(37)21-15-18(9-12-22(21)29(30,31)32)20-5-4-6-23-25(20)39-28(2,3)27(38)36(23)24-16-33-13-14-34-24/h2*4-15H,1-3H3,(H,36,38);4-16H,1-3H3,(H,35,37). The van der Waals surface area contributed by atoms with Gasteiger partial charge in [0.25, 0.3) is 23.6 Å². The summed E-state index contributed by atoms with van der Waals surface area (Å²) in [6.07, 6.45) is -3.92. The van der Waals surface area contributed by atoms with Crippen LogP contribution in [-0.4, -0.2) is 70.9 Å². The van der Waals surface area contributed by atoms with E-state index in [9.17, 15) is 72.7 Å². The fourth-order valence-corrected chi connectivity index (χ4v) is 14.2. The molecule has 0 atom stereocenters. The van der Waals surface area contributed by atoms with Crippen molar-refractivity contribution in [2.24, 2.45) is 0 Å². The lowest BCUT2D eigenvalue weighted by Gasteiger charge is -2.39. The minimum Gasteiger partial charge on any atom is -0.475 e. The number of aromatic nitrogens is 6. The van der Waals surface area contributed by atoms with Gasteiger partial charge in [-0.1, -0.05) is 100 Å². The van der Waals surface area contributed by atoms with Gasteiger partial charge in [-0.25, -0.2) is 39.1 Å². The number of amides is 6. The number of para-hydroxylation sites is 1. The van der Waals surface area contributed by atoms with Crippen molar-refractivity contribution in [1.82, 2.24) is 29.9 Å². The minimum atomic E-state index is -4.82. The van der Waals surface area contributed by atoms with E-state index < -0.39 is 97.8 Å². The molecule has 117 heavy (non-hydrogen) atoms. The monoisotopic (exact) mass is 1660 g/mol. The quantitative estimate of drug-likeness (QED) is 0.0967. The van der Waals surface area contributed by atoms with E-state index in [1.54, 1.807) is 151 Å². The summed E-state index contributed by atoms with van der Waals surface area (Å²) >= 11 is 3.37. The Kier molecular flexibility index (Phi) is 21.9. The van der Waals surface area contributed by atoms with E-state index in [0.29, 0.717) is 83.0 Å². The van der Waals surface area contributed by atoms with Crippen molar-refractivity contribution in [2.45, 2.75) is 97.3 Å². The lowest BCUT2D eigenvalue weighted by atomic mass is 9.81. The second-order valence-electron chi connectivity index (χ2n) is 28.9. The van der Waals surface area contributed by atoms with E-state index in [0.717, 1.165) is 41.5 Å². The summed E-state index contributed by atoms with van der Waals surface area (Å²) in [5.74, 6) is -3.53. The molecular weight excluding hydrogens is 1590 g/mol. The molecule has 0 fully saturated rings. The highest BCUT2D eigenvalue weighted by Crippen LogP contribution is 2.53. The molecule has 9 aromatic carbocycles. The predicted molar refractivity (Wildman–Crippen MR) is 424 cm³/mol. The fourth-order valence-electron chi connectivity index (χ4n) is 13.8. The number of hydrogen-bond donors (Lipinski definition) is 3. The van der Waals surface area contributed by atoms with Gasteiger partial charge in [0.1, 0.15) is 5.82 Å². The van der Waals surface area contributed by atoms with Crippen molar-refractivity contribution in [3.63, 3.8) is 0 Å². The van der Waals surface area contributed by atoms with E-state index in [2.05, 4.69) is 61.8 Å². The van der Waals surface area contributed by atoms with Crippen LogP contribution in [-0.2, 0) is 43.7 Å². The molecule has 0 bridgehead atoms. The number of nitrogens with zero attached hydrogens (tertiary/aromatic N) is 9. The van der Waals surface area contributed by atoms with Gasteiger partial charge in [-0.15, -0.1) is 0 Å². The molecule has 0 unspecified atom stereocenters. The van der Waals surface area contributed by atoms with Gasteiger partial charge < -0.3 is 20.7 Å². The van der Waals surface area contributed by atoms with Crippen molar-refractivity contribution in [3.8, 4) is 39.1 Å². The first-order valence-electron chi connectivity index (χ1n) is 35.8. The molecule has 15 rings (SSSR count). The number of carbonyl (C=O) groups is 6. The Morgan fingerprint density at radius 1 is 0.419 bits per heavy atom. The van der Waals surface area contributed by atoms with Gasteiger partial charge in [-0.05, 0) is 216 Å². The maximum Gasteiger partial charge on any atom is 0.417 e. The molecule has 6 heterocycles. The number of benzene rings is 9. The van der Waals surface area contributed by atoms with Crippen LogP contribution in [0.5, 0.6) is 5.75 Å². The molecule has 0 saturated carbocycles. The summed E-state index contributed by atoms with van der Waals surface area (Å²) in [7, 11) is 0. The van der Waals surface area contributed by atoms with Crippen molar-refractivity contribution in [3.05, 3.63) is 297 Å². The van der Waals surface area contributed by atoms with Crippen LogP contribution in [0, 0.1) is 26.6 Å². The fraction of sp³-hybridized carbons (Fsp3) is 0.172. The molecule has 0 aliphatic carbocycles. The maximum absolute atomic E-state index is 14.0. The number of anilines is 9. The van der Waals surface area contributed by atoms with Crippen LogP contribution < -0.4 is 35.4 Å². The number of aryl methyl sites for hydroxylation is 3. The zero-order chi connectivity index (χ0) is 84.2. The summed E-state index contributed by atoms with van der Waals surface area (Å²) in [4.78, 5) is 109. The Morgan fingerprint density at radius 2 is 0.821 bits per heavy atom. The molecule has 30 heteroatoms. The number of rotatable bonds is 12. The second-order valence-corrected chi connectivity index (χ2v) is 29.8. The summed E-state index contributed by atoms with van der Waals surface area (Å²) in [6.45, 7) is 15.3. The van der Waals surface area contributed by atoms with Crippen LogP contribution >= 0.6 is 15.9 Å². The van der Waals surface area contributed by atoms with E-state index in [1.807, 2.05) is 13.8 Å². The Balaban J connectivity index is 0.000000152. The van der Waals surface area contributed by atoms with Crippen molar-refractivity contribution in [2.75, 3.05) is 30.7 Å². The molecule has 0 spiro atoms. The molecule has 0 radical (unpaired) electrons. The average molecular weight is 1660 g/mol. The Morgan fingerprint density at radius 3 is 1.24 bits per heavy atom. The number of nitrogens with one attached hydrogen (secondary N) is 3. The topological polar surface area (TPSA) is 235 Å². The average Bonchev–Trinajstić information content (AvgIpc) is 1.55. The first-order valence-corrected chi connectivity index (χ1v) is 36.6. The van der Waals surface area contributed by atoms with Crippen LogP contribution in [0.15, 0.2) is 230 Å². The molecule has 3 aliphatic rings. The first-order chi connectivity index (χ1) is 55.2. The van der Waals surface area contributed by atoms with Gasteiger partial charge in [-0.3, -0.25) is 38.7 Å². The zero-order valence-electron chi connectivity index (χ0n) is 63.4. The highest BCUT2D eigenvalue weighted by Gasteiger charge is 2.50. The van der Waals surface area contributed by atoms with Gasteiger partial charge in [0.15, 0.2) is 17.2 Å². The summed E-state index contributed by atoms with van der Waals surface area (Å²) < 4.78 is 146. The van der Waals surface area contributed by atoms with Crippen LogP contribution in [0.1, 0.15) is 117 Å². The third-order valence-electron chi connectivity index (χ3n) is 19.7. The van der Waals surface area contributed by atoms with Crippen molar-refractivity contribution >= 4 is 103 Å². The van der Waals surface area contributed by atoms with Gasteiger partial charge in [0, 0.05) is 64.3 Å². The molecule has 594 valence electrons. The van der Waals surface area contributed by atoms with Crippen molar-refractivity contribution in [1.29, 1.82) is 0 Å². The smallest absolute Gasteiger partial charge is 0.417 e. The third-order valence-corrected chi connectivity index (χ3v) is 20.6. The van der Waals surface area contributed by atoms with Crippen LogP contribution in [0.4, 0.5) is 95.7 Å². The largest absolute Gasteiger partial charge is 0.475 e. The van der Waals surface area contributed by atoms with Crippen molar-refractivity contribution < 1.29 is 77.4 Å². The van der Waals surface area contributed by atoms with E-state index in [1.165, 1.54) is 107 Å². The summed E-state index contributed by atoms with van der Waals surface area (Å²) in [5, 5.41) is 7.49. The Bertz CT molecular complexity index is 5710. The van der Waals surface area contributed by atoms with E-state index in [4.69, 9.17) is 4.74 Å². The molecule has 12 aromatic rings. The number of fused-ring (bicyclic) bond motifs is 3. The molecule has 3 aromatic heterocycles. The summed E-state index contributed by atoms with van der Waals surface area (Å²) in [6, 6.07) is 44.1. The lowest BCUT2D eigenvalue weighted by Crippen LogP contribution is -2.50. The third kappa shape index (κ3) is 16.3. The normalized spacial score (nSPS) is 14.4. The lowest BCUT2D eigenvalue weighted by molar-refractivity contribution is -0.138. The molecular formula is C87H67BrF10N12O7. The van der Waals surface area contributed by atoms with Crippen LogP contribution in [0.25, 0.3) is 33.4 Å². The van der Waals surface area contributed by atoms with E-state index >= 15 is 0 Å². The Labute approximate surface area is 671 Å². The van der Waals surface area contributed by atoms with Gasteiger partial charge >= 0.3 is 18.5 Å². The van der Waals surface area contributed by atoms with E-state index in [-0.39, 0.29) is 41.0 Å². The SMILES string of the molecule is Cc1ccc(NC(=O)c2cc(-c3cccc4c3C(C)(C)C(=O)N4c3ncccn3)ccc2C(F)(F)F)cc1Br.Cc1ccc(NC(=O)c2cc(-c3cccc4c3C(C)(C)C(=O)N4c3ncccn3)ccc2C(F)(F)F)cc1F.Cc1ccc(NC(=O)c2cc(-c3cccc4c3OC(C)(C)C(=O)N4c3cnccn3)ccc2C(F)(F)F)cc1. The number of hydrogen-bond acceptors (Lipinski definition) is 13. The zero-order valence-corrected chi connectivity index (χ0v) is 65.0. The predicted octanol–water partition coefficient (Wildman–Crippen LogP) is 20.8. The van der Waals surface area contributed by atoms with Gasteiger partial charge in [0.2, 0.25) is 23.7 Å². The second kappa shape index (κ2) is 31.4.